The highest BCUT2D eigenvalue weighted by Gasteiger charge is 2.44. The van der Waals surface area contributed by atoms with Gasteiger partial charge in [0, 0.05) is 13.0 Å². The molecule has 17 unspecified atom stereocenters. The summed E-state index contributed by atoms with van der Waals surface area (Å²) >= 11 is 0. The molecule has 0 radical (unpaired) electrons. The highest BCUT2D eigenvalue weighted by Crippen LogP contribution is 2.23. The van der Waals surface area contributed by atoms with Gasteiger partial charge in [0.05, 0.1) is 39.6 Å². The molecule has 1 heterocycles. The molecule has 46 heteroatoms. The van der Waals surface area contributed by atoms with Crippen LogP contribution in [0, 0.1) is 29.6 Å². The molecule has 1 aromatic rings. The first kappa shape index (κ1) is 133. The van der Waals surface area contributed by atoms with Gasteiger partial charge in [-0.15, -0.1) is 0 Å². The van der Waals surface area contributed by atoms with Crippen molar-refractivity contribution in [1.82, 2.24) is 90.4 Å². The molecule has 46 nitrogen and oxygen atoms in total. The molecule has 0 aromatic heterocycles. The Labute approximate surface area is 874 Å². The third-order valence-corrected chi connectivity index (χ3v) is 24.8. The zero-order chi connectivity index (χ0) is 111. The van der Waals surface area contributed by atoms with Crippen molar-refractivity contribution in [3.8, 4) is 0 Å². The van der Waals surface area contributed by atoms with Gasteiger partial charge in [-0.05, 0) is 263 Å². The van der Waals surface area contributed by atoms with E-state index < -0.39 is 227 Å². The normalized spacial score (nSPS) is 19.1. The van der Waals surface area contributed by atoms with Crippen molar-refractivity contribution < 1.29 is 106 Å². The van der Waals surface area contributed by atoms with Gasteiger partial charge >= 0.3 is 0 Å². The number of ether oxygens (including phenoxy) is 3. The van der Waals surface area contributed by atoms with E-state index in [9.17, 15) is 86.6 Å². The second-order valence-corrected chi connectivity index (χ2v) is 40.8. The Bertz CT molecular complexity index is 4290. The van der Waals surface area contributed by atoms with Crippen LogP contribution >= 0.6 is 0 Å². The fourth-order valence-electron chi connectivity index (χ4n) is 16.2. The van der Waals surface area contributed by atoms with Gasteiger partial charge in [0.15, 0.2) is 0 Å². The van der Waals surface area contributed by atoms with E-state index in [1.165, 1.54) is 34.6 Å². The first-order valence-corrected chi connectivity index (χ1v) is 52.8. The number of nitrogens with one attached hydrogen (secondary N) is 17. The molecule has 842 valence electrons. The van der Waals surface area contributed by atoms with Crippen LogP contribution in [0.5, 0.6) is 0 Å². The maximum Gasteiger partial charge on any atom is 0.246 e. The Hall–Kier alpha value is -11.0. The Morgan fingerprint density at radius 1 is 0.405 bits per heavy atom. The number of carbonyl (C=O) groups is 18. The van der Waals surface area contributed by atoms with Crippen LogP contribution in [0.15, 0.2) is 42.5 Å². The minimum Gasteiger partial charge on any atom is -0.394 e. The second-order valence-electron chi connectivity index (χ2n) is 40.8. The molecule has 0 aliphatic carbocycles. The van der Waals surface area contributed by atoms with Crippen LogP contribution in [0.4, 0.5) is 0 Å². The van der Waals surface area contributed by atoms with E-state index in [-0.39, 0.29) is 153 Å². The summed E-state index contributed by atoms with van der Waals surface area (Å²) in [6, 6.07) is -11.5. The first-order valence-electron chi connectivity index (χ1n) is 52.8. The lowest BCUT2D eigenvalue weighted by Gasteiger charge is -2.33. The molecule has 1 aliphatic rings. The summed E-state index contributed by atoms with van der Waals surface area (Å²) in [6.45, 7) is 26.0. The predicted molar refractivity (Wildman–Crippen MR) is 561 cm³/mol. The van der Waals surface area contributed by atoms with Crippen LogP contribution in [0.2, 0.25) is 0 Å². The van der Waals surface area contributed by atoms with Gasteiger partial charge in [0.25, 0.3) is 0 Å². The van der Waals surface area contributed by atoms with Crippen LogP contribution in [0.1, 0.15) is 270 Å². The summed E-state index contributed by atoms with van der Waals surface area (Å²) in [7, 11) is 0. The topological polar surface area (TPSA) is 742 Å². The quantitative estimate of drug-likeness (QED) is 0.0252. The van der Waals surface area contributed by atoms with Gasteiger partial charge < -0.3 is 150 Å². The number of amides is 18. The summed E-state index contributed by atoms with van der Waals surface area (Å²) < 4.78 is 16.2. The van der Waals surface area contributed by atoms with Gasteiger partial charge in [0.1, 0.15) is 108 Å². The van der Waals surface area contributed by atoms with Gasteiger partial charge in [-0.3, -0.25) is 86.3 Å². The highest BCUT2D eigenvalue weighted by atomic mass is 16.5. The molecule has 0 bridgehead atoms. The smallest absolute Gasteiger partial charge is 0.246 e. The van der Waals surface area contributed by atoms with Gasteiger partial charge in [0.2, 0.25) is 106 Å². The van der Waals surface area contributed by atoms with Crippen molar-refractivity contribution >= 4 is 106 Å². The number of hydrogen-bond donors (Lipinski definition) is 25. The molecule has 32 N–H and O–H groups in total. The molecule has 148 heavy (non-hydrogen) atoms. The number of carbonyl (C=O) groups excluding carboxylic acids is 18. The Balaban J connectivity index is 2.58. The molecule has 1 aliphatic heterocycles. The molecule has 0 spiro atoms. The molecule has 0 saturated heterocycles. The van der Waals surface area contributed by atoms with E-state index in [0.29, 0.717) is 116 Å². The lowest BCUT2D eigenvalue weighted by atomic mass is 9.91. The van der Waals surface area contributed by atoms with Crippen LogP contribution in [-0.4, -0.2) is 299 Å². The fraction of sp³-hybridized carbons (Fsp3) is 0.745. The molecule has 17 atom stereocenters. The summed E-state index contributed by atoms with van der Waals surface area (Å²) in [6.07, 6.45) is 9.22. The van der Waals surface area contributed by atoms with E-state index in [1.54, 1.807) is 84.0 Å². The zero-order valence-electron chi connectivity index (χ0n) is 90.2. The number of benzene rings is 1. The molecule has 2 rings (SSSR count). The minimum atomic E-state index is -1.93. The Kier molecular flexibility index (Phi) is 65.8. The number of allylic oxidation sites excluding steroid dienone is 2. The summed E-state index contributed by atoms with van der Waals surface area (Å²) in [5, 5.41) is 57.2. The summed E-state index contributed by atoms with van der Waals surface area (Å²) in [4.78, 5) is 258. The second kappa shape index (κ2) is 73.2. The molecular formula is C102H182N24O22. The number of aliphatic hydroxyl groups is 1. The van der Waals surface area contributed by atoms with Crippen LogP contribution in [0.3, 0.4) is 0 Å². The lowest BCUT2D eigenvalue weighted by molar-refractivity contribution is -0.139. The van der Waals surface area contributed by atoms with Crippen LogP contribution in [-0.2, 0) is 107 Å². The predicted octanol–water partition coefficient (Wildman–Crippen LogP) is -1.81. The number of primary amides is 1. The van der Waals surface area contributed by atoms with Crippen molar-refractivity contribution in [3.63, 3.8) is 0 Å². The van der Waals surface area contributed by atoms with Crippen molar-refractivity contribution in [2.24, 2.45) is 69.7 Å². The first-order chi connectivity index (χ1) is 70.1. The Morgan fingerprint density at radius 3 is 1.29 bits per heavy atom. The Morgan fingerprint density at radius 2 is 0.811 bits per heavy atom. The van der Waals surface area contributed by atoms with Crippen molar-refractivity contribution in [1.29, 1.82) is 0 Å². The number of rotatable bonds is 68. The van der Waals surface area contributed by atoms with Gasteiger partial charge in [-0.2, -0.15) is 0 Å². The van der Waals surface area contributed by atoms with Gasteiger partial charge in [-0.25, -0.2) is 0 Å². The van der Waals surface area contributed by atoms with E-state index in [1.807, 2.05) is 27.7 Å². The van der Waals surface area contributed by atoms with E-state index in [4.69, 9.17) is 54.3 Å². The minimum absolute atomic E-state index is 0.0168. The molecule has 1 aromatic carbocycles. The summed E-state index contributed by atoms with van der Waals surface area (Å²) in [5.74, 6) is -16.3. The van der Waals surface area contributed by atoms with Crippen molar-refractivity contribution in [2.75, 3.05) is 85.5 Å². The maximum absolute atomic E-state index is 15.0. The largest absolute Gasteiger partial charge is 0.394 e. The maximum atomic E-state index is 15.0. The summed E-state index contributed by atoms with van der Waals surface area (Å²) in [5.41, 5.74) is 37.0. The standard InChI is InChI=1S/C102H182N24O22/c1-62(2)55-76(120-90(135)74(40-26-33-47-106)116-88(133)72(38-24-31-45-104)113-82(128)61-148-54-53-147-52-51-146-50-49-108)91(136)110-67(11)85(130)115-73(39-25-32-46-105)89(134)122-80(59-70-35-21-20-22-36-70)94(139)121-79(58-65(7)8)95(140)124-83(66(9)10)98(143)123-81(60-127)97(142)126-102(15)43-29-19-17-16-18-28-42-101(14,99(144)111-68(12)86(131)118-77(56-63(3)4)92(137)114-71(84(109)129)37-23-30-44-103)125-96(141)75(41-27-34-48-107)117-93(138)78(57-64(5)6)119-87(132)69(13)112-100(102)145/h16-17,20-22,35-36,62-69,71-81,83,127H,18-19,23-34,37-61,103-108H2,1-15H3,(H2,109,129)(H,110,136)(H,111,144)(H,112,145)(H,113,128)(H,114,137)(H,115,130)(H,116,133)(H,117,138)(H,118,131)(H,119,132)(H,120,135)(H,121,139)(H,122,134)(H,123,143)(H,124,140)(H,125,141)(H,126,142). The van der Waals surface area contributed by atoms with Gasteiger partial charge in [-0.1, -0.05) is 112 Å². The molecule has 0 saturated carbocycles. The number of hydrogen-bond acceptors (Lipinski definition) is 28. The van der Waals surface area contributed by atoms with E-state index >= 15 is 4.79 Å². The lowest BCUT2D eigenvalue weighted by Crippen LogP contribution is -2.65. The number of aliphatic hydroxyl groups excluding tert-OH is 1. The number of unbranched alkanes of at least 4 members (excludes halogenated alkanes) is 5. The fourth-order valence-corrected chi connectivity index (χ4v) is 16.2. The monoisotopic (exact) mass is 2100 g/mol. The third kappa shape index (κ3) is 52.9. The average Bonchev–Trinajstić information content (AvgIpc) is 0.905. The van der Waals surface area contributed by atoms with Crippen LogP contribution < -0.4 is 131 Å². The zero-order valence-corrected chi connectivity index (χ0v) is 90.2. The molecular weight excluding hydrogens is 1910 g/mol. The average molecular weight is 2100 g/mol. The third-order valence-electron chi connectivity index (χ3n) is 24.8. The molecule has 0 fully saturated rings. The van der Waals surface area contributed by atoms with E-state index in [2.05, 4.69) is 90.4 Å². The van der Waals surface area contributed by atoms with Crippen molar-refractivity contribution in [2.45, 2.75) is 373 Å². The van der Waals surface area contributed by atoms with Crippen molar-refractivity contribution in [3.05, 3.63) is 48.0 Å². The molecule has 18 amide bonds. The number of nitrogens with two attached hydrogens (primary N) is 7. The van der Waals surface area contributed by atoms with E-state index in [0.717, 1.165) is 0 Å². The highest BCUT2D eigenvalue weighted by molar-refractivity contribution is 6.02. The van der Waals surface area contributed by atoms with Crippen LogP contribution in [0.25, 0.3) is 0 Å². The SMILES string of the molecule is CC(C)CC(NC(=O)C(C)NC(=O)C1(C)CCCC=CCCCC(C)(NC(=O)C(CO)NC(=O)C(NC(=O)C(CC(C)C)NC(=O)C(Cc2ccccc2)NC(=O)C(CCCCN)NC(=O)C(C)NC(=O)C(CC(C)C)NC(=O)C(CCCCN)NC(=O)C(CCCCN)NC(=O)COCCOCCOCCN)C(C)C)C(=O)NC(C)C(=O)NC(CC(C)C)C(=O)NC(CCCCN)C(=O)N1)C(=O)NC(CCCCN)C(N)=O.